The Morgan fingerprint density at radius 2 is 2.05 bits per heavy atom. The normalized spacial score (nSPS) is 12.2. The number of aromatic nitrogens is 2. The van der Waals surface area contributed by atoms with E-state index in [0.717, 1.165) is 12.0 Å². The Morgan fingerprint density at radius 3 is 2.67 bits per heavy atom. The van der Waals surface area contributed by atoms with Crippen molar-refractivity contribution in [2.45, 2.75) is 32.9 Å². The van der Waals surface area contributed by atoms with Crippen molar-refractivity contribution in [1.82, 2.24) is 9.78 Å². The van der Waals surface area contributed by atoms with E-state index < -0.39 is 0 Å². The van der Waals surface area contributed by atoms with E-state index in [1.807, 2.05) is 13.8 Å². The molecule has 0 amide bonds. The summed E-state index contributed by atoms with van der Waals surface area (Å²) < 4.78 is 14.3. The minimum atomic E-state index is -0.310. The van der Waals surface area contributed by atoms with Crippen LogP contribution in [0, 0.1) is 5.82 Å². The van der Waals surface area contributed by atoms with Gasteiger partial charge >= 0.3 is 0 Å². The first kappa shape index (κ1) is 15.5. The largest absolute Gasteiger partial charge is 0.376 e. The van der Waals surface area contributed by atoms with E-state index in [-0.39, 0.29) is 22.4 Å². The fraction of sp³-hybridized carbons (Fsp3) is 0.333. The molecule has 0 fully saturated rings. The highest BCUT2D eigenvalue weighted by Crippen LogP contribution is 2.22. The van der Waals surface area contributed by atoms with Crippen molar-refractivity contribution in [3.63, 3.8) is 0 Å². The zero-order chi connectivity index (χ0) is 15.4. The van der Waals surface area contributed by atoms with Gasteiger partial charge in [0.2, 0.25) is 0 Å². The standard InChI is InChI=1S/C15H17ClFN3O/c1-3-8-20-15(21)14(16)13(9-18-20)19-10(2)11-4-6-12(17)7-5-11/h4-7,9-10,19H,3,8H2,1-2H3. The zero-order valence-electron chi connectivity index (χ0n) is 11.9. The highest BCUT2D eigenvalue weighted by atomic mass is 35.5. The average Bonchev–Trinajstić information content (AvgIpc) is 2.47. The number of rotatable bonds is 5. The molecule has 1 unspecified atom stereocenters. The lowest BCUT2D eigenvalue weighted by atomic mass is 10.1. The van der Waals surface area contributed by atoms with Gasteiger partial charge in [-0.15, -0.1) is 0 Å². The van der Waals surface area contributed by atoms with Crippen LogP contribution >= 0.6 is 11.6 Å². The Hall–Kier alpha value is -1.88. The summed E-state index contributed by atoms with van der Waals surface area (Å²) in [6.07, 6.45) is 2.35. The molecule has 1 atom stereocenters. The summed E-state index contributed by atoms with van der Waals surface area (Å²) >= 11 is 6.10. The molecular formula is C15H17ClFN3O. The highest BCUT2D eigenvalue weighted by molar-refractivity contribution is 6.32. The Bertz CT molecular complexity index is 670. The van der Waals surface area contributed by atoms with Gasteiger partial charge in [0.15, 0.2) is 0 Å². The maximum Gasteiger partial charge on any atom is 0.287 e. The van der Waals surface area contributed by atoms with Crippen molar-refractivity contribution in [2.75, 3.05) is 5.32 Å². The number of hydrogen-bond acceptors (Lipinski definition) is 3. The fourth-order valence-electron chi connectivity index (χ4n) is 2.00. The van der Waals surface area contributed by atoms with Crippen LogP contribution < -0.4 is 10.9 Å². The number of nitrogens with one attached hydrogen (secondary N) is 1. The lowest BCUT2D eigenvalue weighted by Gasteiger charge is -2.16. The number of benzene rings is 1. The molecule has 6 heteroatoms. The number of anilines is 1. The van der Waals surface area contributed by atoms with Crippen molar-refractivity contribution < 1.29 is 4.39 Å². The summed E-state index contributed by atoms with van der Waals surface area (Å²) in [7, 11) is 0. The Morgan fingerprint density at radius 1 is 1.38 bits per heavy atom. The molecule has 2 rings (SSSR count). The van der Waals surface area contributed by atoms with Gasteiger partial charge in [0, 0.05) is 12.6 Å². The van der Waals surface area contributed by atoms with Crippen LogP contribution in [-0.4, -0.2) is 9.78 Å². The lowest BCUT2D eigenvalue weighted by molar-refractivity contribution is 0.568. The molecule has 2 aromatic rings. The summed E-state index contributed by atoms with van der Waals surface area (Å²) in [5.74, 6) is -0.284. The van der Waals surface area contributed by atoms with E-state index in [9.17, 15) is 9.18 Å². The Kier molecular flexibility index (Phi) is 4.96. The molecule has 112 valence electrons. The minimum absolute atomic E-state index is 0.118. The SMILES string of the molecule is CCCn1ncc(NC(C)c2ccc(F)cc2)c(Cl)c1=O. The summed E-state index contributed by atoms with van der Waals surface area (Å²) in [6.45, 7) is 4.40. The summed E-state index contributed by atoms with van der Waals surface area (Å²) in [6, 6.07) is 6.05. The highest BCUT2D eigenvalue weighted by Gasteiger charge is 2.12. The van der Waals surface area contributed by atoms with E-state index in [1.165, 1.54) is 16.8 Å². The first-order valence-corrected chi connectivity index (χ1v) is 7.18. The van der Waals surface area contributed by atoms with Crippen LogP contribution in [0.3, 0.4) is 0 Å². The van der Waals surface area contributed by atoms with E-state index in [2.05, 4.69) is 10.4 Å². The average molecular weight is 310 g/mol. The molecule has 0 radical (unpaired) electrons. The smallest absolute Gasteiger partial charge is 0.287 e. The van der Waals surface area contributed by atoms with Crippen LogP contribution in [0.4, 0.5) is 10.1 Å². The van der Waals surface area contributed by atoms with Crippen molar-refractivity contribution in [3.05, 3.63) is 57.2 Å². The van der Waals surface area contributed by atoms with Crippen LogP contribution in [-0.2, 0) is 6.54 Å². The van der Waals surface area contributed by atoms with Gasteiger partial charge in [0.25, 0.3) is 5.56 Å². The monoisotopic (exact) mass is 309 g/mol. The number of hydrogen-bond donors (Lipinski definition) is 1. The van der Waals surface area contributed by atoms with Gasteiger partial charge in [0.1, 0.15) is 10.8 Å². The first-order valence-electron chi connectivity index (χ1n) is 6.80. The van der Waals surface area contributed by atoms with Gasteiger partial charge in [0.05, 0.1) is 11.9 Å². The molecule has 0 saturated heterocycles. The zero-order valence-corrected chi connectivity index (χ0v) is 12.7. The fourth-order valence-corrected chi connectivity index (χ4v) is 2.21. The molecule has 1 N–H and O–H groups in total. The minimum Gasteiger partial charge on any atom is -0.376 e. The predicted molar refractivity (Wildman–Crippen MR) is 82.2 cm³/mol. The van der Waals surface area contributed by atoms with E-state index in [4.69, 9.17) is 11.6 Å². The summed E-state index contributed by atoms with van der Waals surface area (Å²) in [5.41, 5.74) is 1.06. The molecule has 1 aromatic heterocycles. The number of aryl methyl sites for hydroxylation is 1. The van der Waals surface area contributed by atoms with Gasteiger partial charge in [-0.25, -0.2) is 9.07 Å². The molecule has 1 aromatic carbocycles. The van der Waals surface area contributed by atoms with Crippen LogP contribution in [0.25, 0.3) is 0 Å². The second-order valence-corrected chi connectivity index (χ2v) is 5.20. The summed E-state index contributed by atoms with van der Waals surface area (Å²) in [4.78, 5) is 12.0. The van der Waals surface area contributed by atoms with Gasteiger partial charge in [-0.3, -0.25) is 4.79 Å². The third-order valence-corrected chi connectivity index (χ3v) is 3.53. The van der Waals surface area contributed by atoms with Crippen molar-refractivity contribution >= 4 is 17.3 Å². The van der Waals surface area contributed by atoms with Gasteiger partial charge in [-0.05, 0) is 31.0 Å². The lowest BCUT2D eigenvalue weighted by Crippen LogP contribution is -2.24. The van der Waals surface area contributed by atoms with E-state index in [1.54, 1.807) is 18.3 Å². The maximum absolute atomic E-state index is 12.9. The van der Waals surface area contributed by atoms with Crippen molar-refractivity contribution in [3.8, 4) is 0 Å². The quantitative estimate of drug-likeness (QED) is 0.917. The van der Waals surface area contributed by atoms with Crippen LogP contribution in [0.2, 0.25) is 5.02 Å². The molecular weight excluding hydrogens is 293 g/mol. The maximum atomic E-state index is 12.9. The third-order valence-electron chi connectivity index (χ3n) is 3.16. The molecule has 1 heterocycles. The van der Waals surface area contributed by atoms with Crippen LogP contribution in [0.15, 0.2) is 35.3 Å². The second-order valence-electron chi connectivity index (χ2n) is 4.82. The first-order chi connectivity index (χ1) is 10.0. The molecule has 0 aliphatic carbocycles. The molecule has 0 spiro atoms. The topological polar surface area (TPSA) is 46.9 Å². The Labute approximate surface area is 127 Å². The second kappa shape index (κ2) is 6.72. The van der Waals surface area contributed by atoms with Gasteiger partial charge in [-0.2, -0.15) is 5.10 Å². The van der Waals surface area contributed by atoms with Gasteiger partial charge < -0.3 is 5.32 Å². The molecule has 21 heavy (non-hydrogen) atoms. The molecule has 0 bridgehead atoms. The van der Waals surface area contributed by atoms with E-state index in [0.29, 0.717) is 12.2 Å². The van der Waals surface area contributed by atoms with E-state index >= 15 is 0 Å². The molecule has 4 nitrogen and oxygen atoms in total. The molecule has 0 aliphatic heterocycles. The summed E-state index contributed by atoms with van der Waals surface area (Å²) in [5, 5.41) is 7.33. The number of nitrogens with zero attached hydrogens (tertiary/aromatic N) is 2. The Balaban J connectivity index is 2.21. The van der Waals surface area contributed by atoms with Crippen LogP contribution in [0.1, 0.15) is 31.9 Å². The van der Waals surface area contributed by atoms with Crippen molar-refractivity contribution in [2.24, 2.45) is 0 Å². The molecule has 0 saturated carbocycles. The molecule has 0 aliphatic rings. The van der Waals surface area contributed by atoms with Gasteiger partial charge in [-0.1, -0.05) is 30.7 Å². The van der Waals surface area contributed by atoms with Crippen LogP contribution in [0.5, 0.6) is 0 Å². The predicted octanol–water partition coefficient (Wildman–Crippen LogP) is 3.62. The van der Waals surface area contributed by atoms with Crippen molar-refractivity contribution in [1.29, 1.82) is 0 Å². The third kappa shape index (κ3) is 3.61. The number of halogens is 2.